The lowest BCUT2D eigenvalue weighted by molar-refractivity contribution is -0.689. The van der Waals surface area contributed by atoms with E-state index in [4.69, 9.17) is 15.8 Å². The van der Waals surface area contributed by atoms with E-state index in [1.807, 2.05) is 0 Å². The number of carboxylic acids is 1. The van der Waals surface area contributed by atoms with Crippen LogP contribution in [0, 0.1) is 0 Å². The summed E-state index contributed by atoms with van der Waals surface area (Å²) in [5, 5.41) is 29.0. The zero-order chi connectivity index (χ0) is 25.1. The predicted molar refractivity (Wildman–Crippen MR) is 126 cm³/mol. The highest BCUT2D eigenvalue weighted by Gasteiger charge is 2.54. The zero-order valence-electron chi connectivity index (χ0n) is 18.2. The molecule has 0 radical (unpaired) electrons. The smallest absolute Gasteiger partial charge is 0.352 e. The van der Waals surface area contributed by atoms with Gasteiger partial charge in [0.2, 0.25) is 0 Å². The molecule has 182 valence electrons. The van der Waals surface area contributed by atoms with Gasteiger partial charge in [-0.05, 0) is 0 Å². The van der Waals surface area contributed by atoms with Crippen molar-refractivity contribution in [3.8, 4) is 0 Å². The number of nitrogen functional groups attached to an aromatic ring is 1. The number of carbonyl (C=O) groups is 3. The van der Waals surface area contributed by atoms with Crippen molar-refractivity contribution in [2.24, 2.45) is 10.3 Å². The summed E-state index contributed by atoms with van der Waals surface area (Å²) in [6.45, 7) is 0.245. The maximum absolute atomic E-state index is 12.9. The first-order valence-electron chi connectivity index (χ1n) is 10.0. The Morgan fingerprint density at radius 2 is 2.17 bits per heavy atom. The number of nitrogens with one attached hydrogen (secondary N) is 1. The number of hydrogen-bond acceptors (Lipinski definition) is 11. The van der Waals surface area contributed by atoms with E-state index in [0.717, 1.165) is 11.3 Å². The molecule has 1 saturated heterocycles. The summed E-state index contributed by atoms with van der Waals surface area (Å²) in [6, 6.07) is 2.47. The van der Waals surface area contributed by atoms with E-state index in [1.165, 1.54) is 35.4 Å². The van der Waals surface area contributed by atoms with Gasteiger partial charge < -0.3 is 26.2 Å². The number of carboxylic acid groups (broad SMARTS) is 1. The number of carbonyl (C=O) groups excluding carboxylic acids is 2. The Hall–Kier alpha value is -3.98. The number of fused-ring (bicyclic) bond motifs is 1. The molecular formula is C20H20N7O6S2+. The van der Waals surface area contributed by atoms with E-state index in [1.54, 1.807) is 29.1 Å². The lowest BCUT2D eigenvalue weighted by atomic mass is 10.0. The summed E-state index contributed by atoms with van der Waals surface area (Å²) in [5.74, 6) is -2.12. The van der Waals surface area contributed by atoms with Crippen LogP contribution in [0.5, 0.6) is 0 Å². The molecule has 2 aromatic heterocycles. The van der Waals surface area contributed by atoms with Crippen LogP contribution in [-0.2, 0) is 25.8 Å². The Balaban J connectivity index is 1.51. The molecule has 2 atom stereocenters. The Kier molecular flexibility index (Phi) is 6.97. The van der Waals surface area contributed by atoms with Crippen LogP contribution in [0.1, 0.15) is 11.3 Å². The van der Waals surface area contributed by atoms with Crippen molar-refractivity contribution in [1.82, 2.24) is 15.2 Å². The summed E-state index contributed by atoms with van der Waals surface area (Å²) >= 11 is 2.47. The average molecular weight is 519 g/mol. The fourth-order valence-corrected chi connectivity index (χ4v) is 5.54. The minimum atomic E-state index is -1.23. The number of nitrogens with zero attached hydrogens (tertiary/aromatic N) is 5. The second-order valence-electron chi connectivity index (χ2n) is 7.36. The number of thioether (sulfide) groups is 1. The number of aliphatic carboxylic acids is 1. The van der Waals surface area contributed by atoms with Crippen molar-refractivity contribution in [3.63, 3.8) is 0 Å². The van der Waals surface area contributed by atoms with E-state index in [2.05, 4.69) is 20.6 Å². The van der Waals surface area contributed by atoms with Crippen LogP contribution >= 0.6 is 23.1 Å². The number of hydrogen-bond donors (Lipinski definition) is 4. The number of anilines is 1. The fourth-order valence-electron chi connectivity index (χ4n) is 3.65. The van der Waals surface area contributed by atoms with Crippen molar-refractivity contribution in [1.29, 1.82) is 0 Å². The molecule has 0 saturated carbocycles. The summed E-state index contributed by atoms with van der Waals surface area (Å²) in [6.07, 6.45) is 4.69. The molecule has 0 bridgehead atoms. The number of β-lactam (4-membered cyclic amide) rings is 1. The predicted octanol–water partition coefficient (Wildman–Crippen LogP) is -0.390. The highest BCUT2D eigenvalue weighted by atomic mass is 32.2. The number of rotatable bonds is 8. The van der Waals surface area contributed by atoms with Crippen molar-refractivity contribution >= 4 is 57.9 Å². The van der Waals surface area contributed by atoms with Crippen LogP contribution in [0.3, 0.4) is 0 Å². The van der Waals surface area contributed by atoms with Gasteiger partial charge in [0.25, 0.3) is 11.8 Å². The molecule has 2 aromatic rings. The molecule has 2 aliphatic heterocycles. The molecule has 0 spiro atoms. The van der Waals surface area contributed by atoms with E-state index in [-0.39, 0.29) is 28.8 Å². The zero-order valence-corrected chi connectivity index (χ0v) is 19.8. The van der Waals surface area contributed by atoms with Crippen molar-refractivity contribution in [2.45, 2.75) is 18.0 Å². The molecule has 35 heavy (non-hydrogen) atoms. The second kappa shape index (κ2) is 10.1. The molecule has 5 N–H and O–H groups in total. The molecule has 2 amide bonds. The molecule has 15 heteroatoms. The van der Waals surface area contributed by atoms with E-state index >= 15 is 0 Å². The molecule has 0 aliphatic carbocycles. The third-order valence-corrected chi connectivity index (χ3v) is 7.21. The van der Waals surface area contributed by atoms with Crippen LogP contribution in [-0.4, -0.2) is 74.2 Å². The summed E-state index contributed by atoms with van der Waals surface area (Å²) in [4.78, 5) is 47.8. The van der Waals surface area contributed by atoms with Crippen LogP contribution in [0.25, 0.3) is 0 Å². The third-order valence-electron chi connectivity index (χ3n) is 5.20. The molecule has 1 fully saturated rings. The molecular weight excluding hydrogens is 498 g/mol. The largest absolute Gasteiger partial charge is 0.477 e. The average Bonchev–Trinajstić information content (AvgIpc) is 3.27. The summed E-state index contributed by atoms with van der Waals surface area (Å²) in [7, 11) is 1.27. The monoisotopic (exact) mass is 518 g/mol. The molecule has 13 nitrogen and oxygen atoms in total. The highest BCUT2D eigenvalue weighted by Crippen LogP contribution is 2.40. The quantitative estimate of drug-likeness (QED) is 0.119. The lowest BCUT2D eigenvalue weighted by Gasteiger charge is -2.49. The highest BCUT2D eigenvalue weighted by molar-refractivity contribution is 8.00. The number of thiazole rings is 1. The Bertz CT molecular complexity index is 1260. The molecule has 1 unspecified atom stereocenters. The minimum Gasteiger partial charge on any atom is -0.477 e. The van der Waals surface area contributed by atoms with Gasteiger partial charge in [-0.2, -0.15) is 0 Å². The van der Waals surface area contributed by atoms with Gasteiger partial charge in [-0.25, -0.2) is 14.3 Å². The number of nitrogens with two attached hydrogens (primary N) is 1. The number of aromatic nitrogens is 2. The fraction of sp³-hybridized carbons (Fsp3) is 0.250. The number of amides is 2. The van der Waals surface area contributed by atoms with Crippen molar-refractivity contribution in [3.05, 3.63) is 52.4 Å². The first kappa shape index (κ1) is 24.2. The maximum atomic E-state index is 12.9. The molecule has 4 heterocycles. The van der Waals surface area contributed by atoms with Gasteiger partial charge in [0.15, 0.2) is 29.8 Å². The van der Waals surface area contributed by atoms with Crippen LogP contribution < -0.4 is 15.6 Å². The van der Waals surface area contributed by atoms with Gasteiger partial charge in [0.1, 0.15) is 29.9 Å². The van der Waals surface area contributed by atoms with Gasteiger partial charge in [0, 0.05) is 34.4 Å². The van der Waals surface area contributed by atoms with Gasteiger partial charge in [0.05, 0.1) is 6.21 Å². The van der Waals surface area contributed by atoms with Crippen molar-refractivity contribution in [2.75, 3.05) is 18.6 Å². The molecule has 2 aliphatic rings. The van der Waals surface area contributed by atoms with E-state index in [0.29, 0.717) is 16.9 Å². The molecule has 4 rings (SSSR count). The first-order valence-corrected chi connectivity index (χ1v) is 12.0. The lowest BCUT2D eigenvalue weighted by Crippen LogP contribution is -2.71. The SMILES string of the molecule is CON=C(C(=O)NC1C(=O)N2C(C(=O)O)=C(C[n+]3ccc(C=NO)cc3)CS[C@@H]12)c1csc(N)n1. The Morgan fingerprint density at radius 3 is 2.77 bits per heavy atom. The van der Waals surface area contributed by atoms with E-state index in [9.17, 15) is 19.5 Å². The van der Waals surface area contributed by atoms with E-state index < -0.39 is 29.2 Å². The van der Waals surface area contributed by atoms with Gasteiger partial charge in [-0.15, -0.1) is 23.1 Å². The molecule has 0 aromatic carbocycles. The van der Waals surface area contributed by atoms with Gasteiger partial charge in [-0.3, -0.25) is 14.5 Å². The van der Waals surface area contributed by atoms with Gasteiger partial charge >= 0.3 is 5.97 Å². The summed E-state index contributed by atoms with van der Waals surface area (Å²) < 4.78 is 1.75. The van der Waals surface area contributed by atoms with Crippen LogP contribution in [0.15, 0.2) is 51.5 Å². The number of oxime groups is 2. The van der Waals surface area contributed by atoms with Crippen LogP contribution in [0.2, 0.25) is 0 Å². The second-order valence-corrected chi connectivity index (χ2v) is 9.35. The van der Waals surface area contributed by atoms with Gasteiger partial charge in [-0.1, -0.05) is 10.3 Å². The minimum absolute atomic E-state index is 0.101. The van der Waals surface area contributed by atoms with Crippen LogP contribution in [0.4, 0.5) is 5.13 Å². The summed E-state index contributed by atoms with van der Waals surface area (Å²) in [5.41, 5.74) is 6.80. The van der Waals surface area contributed by atoms with Crippen molar-refractivity contribution < 1.29 is 34.1 Å². The Labute approximate surface area is 206 Å². The maximum Gasteiger partial charge on any atom is 0.352 e. The first-order chi connectivity index (χ1) is 16.8. The Morgan fingerprint density at radius 1 is 1.43 bits per heavy atom. The number of pyridine rings is 1. The normalized spacial score (nSPS) is 20.0. The third kappa shape index (κ3) is 4.81. The standard InChI is InChI=1S/C20H19N7O6S2/c1-33-25-13(12-9-35-20(21)23-12)16(28)24-14-17(29)27-15(19(30)31)11(8-34-18(14)27)7-26-4-2-10(3-5-26)6-22-32/h2-6,9,14,18H,7-8H2,1H3,(H4,21,23,24,28,30,31)/p+1/t14?,18-/m0/s1. The topological polar surface area (TPSA) is 184 Å².